The molecule has 0 aliphatic carbocycles. The monoisotopic (exact) mass is 334 g/mol. The van der Waals surface area contributed by atoms with Crippen LogP contribution in [0.5, 0.6) is 0 Å². The Kier molecular flexibility index (Phi) is 3.63. The third kappa shape index (κ3) is 2.59. The number of anilines is 1. The van der Waals surface area contributed by atoms with E-state index < -0.39 is 0 Å². The van der Waals surface area contributed by atoms with Crippen LogP contribution in [0.15, 0.2) is 65.3 Å². The van der Waals surface area contributed by atoms with Gasteiger partial charge in [-0.2, -0.15) is 0 Å². The largest absolute Gasteiger partial charge is 0.469 e. The van der Waals surface area contributed by atoms with Crippen molar-refractivity contribution in [3.05, 3.63) is 72.2 Å². The lowest BCUT2D eigenvalue weighted by Gasteiger charge is -2.08. The summed E-state index contributed by atoms with van der Waals surface area (Å²) in [6, 6.07) is 17.4. The van der Waals surface area contributed by atoms with Crippen LogP contribution in [-0.4, -0.2) is 10.9 Å². The molecular weight excluding hydrogens is 320 g/mol. The summed E-state index contributed by atoms with van der Waals surface area (Å²) in [5.74, 6) is 0.416. The second-order valence-electron chi connectivity index (χ2n) is 5.38. The first-order valence-electron chi connectivity index (χ1n) is 7.53. The molecule has 0 aliphatic heterocycles. The zero-order valence-corrected chi connectivity index (χ0v) is 13.8. The number of para-hydroxylation sites is 2. The van der Waals surface area contributed by atoms with E-state index in [1.807, 2.05) is 48.5 Å². The summed E-state index contributed by atoms with van der Waals surface area (Å²) in [5.41, 5.74) is 3.15. The normalized spacial score (nSPS) is 10.9. The van der Waals surface area contributed by atoms with Crippen LogP contribution >= 0.6 is 11.3 Å². The van der Waals surface area contributed by atoms with Crippen molar-refractivity contribution in [2.24, 2.45) is 0 Å². The molecule has 0 atom stereocenters. The van der Waals surface area contributed by atoms with Crippen molar-refractivity contribution >= 4 is 33.1 Å². The van der Waals surface area contributed by atoms with Crippen molar-refractivity contribution in [3.63, 3.8) is 0 Å². The third-order valence-corrected chi connectivity index (χ3v) is 4.87. The summed E-state index contributed by atoms with van der Waals surface area (Å²) >= 11 is 1.61. The van der Waals surface area contributed by atoms with E-state index in [-0.39, 0.29) is 5.91 Å². The van der Waals surface area contributed by atoms with Gasteiger partial charge in [0.2, 0.25) is 0 Å². The summed E-state index contributed by atoms with van der Waals surface area (Å²) < 4.78 is 6.33. The number of fused-ring (bicyclic) bond motifs is 1. The van der Waals surface area contributed by atoms with Crippen LogP contribution in [-0.2, 0) is 0 Å². The molecule has 0 aliphatic rings. The summed E-state index contributed by atoms with van der Waals surface area (Å²) in [6.45, 7) is 1.77. The van der Waals surface area contributed by atoms with Gasteiger partial charge in [0.25, 0.3) is 5.91 Å². The molecular formula is C19H14N2O2S. The van der Waals surface area contributed by atoms with Gasteiger partial charge in [0.1, 0.15) is 10.8 Å². The van der Waals surface area contributed by atoms with E-state index in [1.165, 1.54) is 6.26 Å². The van der Waals surface area contributed by atoms with Crippen molar-refractivity contribution < 1.29 is 9.21 Å². The molecule has 24 heavy (non-hydrogen) atoms. The number of nitrogens with zero attached hydrogens (tertiary/aromatic N) is 1. The Morgan fingerprint density at radius 3 is 2.67 bits per heavy atom. The molecule has 0 saturated carbocycles. The number of rotatable bonds is 3. The van der Waals surface area contributed by atoms with Gasteiger partial charge in [-0.1, -0.05) is 24.3 Å². The number of benzene rings is 2. The maximum Gasteiger partial charge on any atom is 0.259 e. The predicted octanol–water partition coefficient (Wildman–Crippen LogP) is 5.12. The molecule has 2 aromatic carbocycles. The lowest BCUT2D eigenvalue weighted by atomic mass is 10.1. The van der Waals surface area contributed by atoms with Crippen LogP contribution in [0, 0.1) is 6.92 Å². The fourth-order valence-corrected chi connectivity index (χ4v) is 3.58. The Morgan fingerprint density at radius 2 is 1.88 bits per heavy atom. The second kappa shape index (κ2) is 5.94. The first-order chi connectivity index (χ1) is 11.7. The van der Waals surface area contributed by atoms with Crippen molar-refractivity contribution in [2.45, 2.75) is 6.92 Å². The summed E-state index contributed by atoms with van der Waals surface area (Å²) in [5, 5.41) is 3.85. The first-order valence-corrected chi connectivity index (χ1v) is 8.34. The van der Waals surface area contributed by atoms with Crippen LogP contribution < -0.4 is 5.32 Å². The molecule has 4 rings (SSSR count). The molecule has 118 valence electrons. The Labute approximate surface area is 142 Å². The highest BCUT2D eigenvalue weighted by Crippen LogP contribution is 2.34. The third-order valence-electron chi connectivity index (χ3n) is 3.80. The highest BCUT2D eigenvalue weighted by Gasteiger charge is 2.15. The van der Waals surface area contributed by atoms with Crippen LogP contribution in [0.4, 0.5) is 5.69 Å². The van der Waals surface area contributed by atoms with E-state index in [0.717, 1.165) is 26.5 Å². The minimum absolute atomic E-state index is 0.185. The van der Waals surface area contributed by atoms with Gasteiger partial charge < -0.3 is 9.73 Å². The number of furan rings is 1. The molecule has 0 spiro atoms. The van der Waals surface area contributed by atoms with Gasteiger partial charge in [0, 0.05) is 5.56 Å². The lowest BCUT2D eigenvalue weighted by Crippen LogP contribution is -2.12. The van der Waals surface area contributed by atoms with Crippen molar-refractivity contribution in [1.29, 1.82) is 0 Å². The zero-order chi connectivity index (χ0) is 16.5. The summed E-state index contributed by atoms with van der Waals surface area (Å²) in [7, 11) is 0. The summed E-state index contributed by atoms with van der Waals surface area (Å²) in [6.07, 6.45) is 1.52. The van der Waals surface area contributed by atoms with Gasteiger partial charge in [-0.25, -0.2) is 4.98 Å². The Balaban J connectivity index is 1.73. The number of carbonyl (C=O) groups is 1. The van der Waals surface area contributed by atoms with Crippen molar-refractivity contribution in [2.75, 3.05) is 5.32 Å². The smallest absolute Gasteiger partial charge is 0.259 e. The number of thiazole rings is 1. The lowest BCUT2D eigenvalue weighted by molar-refractivity contribution is 0.102. The molecule has 2 heterocycles. The maximum atomic E-state index is 12.5. The number of amides is 1. The van der Waals surface area contributed by atoms with Gasteiger partial charge >= 0.3 is 0 Å². The van der Waals surface area contributed by atoms with Crippen LogP contribution in [0.25, 0.3) is 20.8 Å². The highest BCUT2D eigenvalue weighted by atomic mass is 32.1. The Morgan fingerprint density at radius 1 is 1.08 bits per heavy atom. The van der Waals surface area contributed by atoms with Gasteiger partial charge in [0.05, 0.1) is 27.7 Å². The van der Waals surface area contributed by atoms with Crippen molar-refractivity contribution in [1.82, 2.24) is 4.98 Å². The van der Waals surface area contributed by atoms with Gasteiger partial charge in [-0.05, 0) is 37.3 Å². The van der Waals surface area contributed by atoms with Gasteiger partial charge in [-0.3, -0.25) is 4.79 Å². The van der Waals surface area contributed by atoms with Crippen LogP contribution in [0.1, 0.15) is 16.1 Å². The standard InChI is InChI=1S/C19H14N2O2S/c1-12-13(10-11-23-12)18(22)20-15-7-3-2-6-14(15)19-21-16-8-4-5-9-17(16)24-19/h2-11H,1H3,(H,20,22). The average Bonchev–Trinajstić information content (AvgIpc) is 3.21. The van der Waals surface area contributed by atoms with Gasteiger partial charge in [0.15, 0.2) is 0 Å². The van der Waals surface area contributed by atoms with E-state index in [0.29, 0.717) is 11.3 Å². The zero-order valence-electron chi connectivity index (χ0n) is 12.9. The Hall–Kier alpha value is -2.92. The molecule has 0 bridgehead atoms. The Bertz CT molecular complexity index is 999. The van der Waals surface area contributed by atoms with E-state index in [2.05, 4.69) is 10.3 Å². The average molecular weight is 334 g/mol. The number of aromatic nitrogens is 1. The SMILES string of the molecule is Cc1occc1C(=O)Nc1ccccc1-c1nc2ccccc2s1. The molecule has 2 aromatic heterocycles. The number of nitrogens with one attached hydrogen (secondary N) is 1. The quantitative estimate of drug-likeness (QED) is 0.566. The number of hydrogen-bond donors (Lipinski definition) is 1. The first kappa shape index (κ1) is 14.7. The molecule has 1 N–H and O–H groups in total. The molecule has 4 aromatic rings. The topological polar surface area (TPSA) is 55.1 Å². The van der Waals surface area contributed by atoms with E-state index in [4.69, 9.17) is 4.42 Å². The molecule has 0 saturated heterocycles. The fourth-order valence-electron chi connectivity index (χ4n) is 2.58. The van der Waals surface area contributed by atoms with Gasteiger partial charge in [-0.15, -0.1) is 11.3 Å². The predicted molar refractivity (Wildman–Crippen MR) is 96.5 cm³/mol. The van der Waals surface area contributed by atoms with Crippen LogP contribution in [0.3, 0.4) is 0 Å². The molecule has 1 amide bonds. The fraction of sp³-hybridized carbons (Fsp3) is 0.0526. The minimum atomic E-state index is -0.185. The maximum absolute atomic E-state index is 12.5. The molecule has 0 unspecified atom stereocenters. The molecule has 0 radical (unpaired) electrons. The van der Waals surface area contributed by atoms with Crippen LogP contribution in [0.2, 0.25) is 0 Å². The second-order valence-corrected chi connectivity index (χ2v) is 6.41. The number of aryl methyl sites for hydroxylation is 1. The van der Waals surface area contributed by atoms with E-state index in [9.17, 15) is 4.79 Å². The van der Waals surface area contributed by atoms with E-state index in [1.54, 1.807) is 24.3 Å². The van der Waals surface area contributed by atoms with Crippen molar-refractivity contribution in [3.8, 4) is 10.6 Å². The van der Waals surface area contributed by atoms with E-state index >= 15 is 0 Å². The molecule has 5 heteroatoms. The number of hydrogen-bond acceptors (Lipinski definition) is 4. The molecule has 4 nitrogen and oxygen atoms in total. The summed E-state index contributed by atoms with van der Waals surface area (Å²) in [4.78, 5) is 17.1. The molecule has 0 fully saturated rings. The number of carbonyl (C=O) groups excluding carboxylic acids is 1. The minimum Gasteiger partial charge on any atom is -0.469 e. The highest BCUT2D eigenvalue weighted by molar-refractivity contribution is 7.21.